The summed E-state index contributed by atoms with van der Waals surface area (Å²) in [5, 5.41) is 24.9. The molecule has 10 nitrogen and oxygen atoms in total. The van der Waals surface area contributed by atoms with E-state index in [4.69, 9.17) is 0 Å². The third-order valence-electron chi connectivity index (χ3n) is 9.10. The number of para-hydroxylation sites is 1. The maximum atomic E-state index is 14.6. The summed E-state index contributed by atoms with van der Waals surface area (Å²) in [5.74, 6) is -2.19. The van der Waals surface area contributed by atoms with E-state index in [1.165, 1.54) is 0 Å². The third-order valence-corrected chi connectivity index (χ3v) is 12.3. The molecular weight excluding hydrogens is 644 g/mol. The van der Waals surface area contributed by atoms with E-state index < -0.39 is 28.7 Å². The van der Waals surface area contributed by atoms with Gasteiger partial charge in [-0.05, 0) is 29.7 Å². The lowest BCUT2D eigenvalue weighted by Gasteiger charge is -2.37. The Balaban J connectivity index is 1.23. The predicted octanol–water partition coefficient (Wildman–Crippen LogP) is 3.02. The molecular formula is C32H31BrN6O4S. The monoisotopic (exact) mass is 674 g/mol. The number of amides is 3. The van der Waals surface area contributed by atoms with Crippen molar-refractivity contribution in [3.63, 3.8) is 0 Å². The summed E-state index contributed by atoms with van der Waals surface area (Å²) in [5.41, 5.74) is 3.16. The molecule has 3 aliphatic rings. The van der Waals surface area contributed by atoms with Crippen molar-refractivity contribution in [2.24, 2.45) is 11.8 Å². The maximum absolute atomic E-state index is 14.6. The number of likely N-dealkylation sites (tertiary alicyclic amines) is 1. The van der Waals surface area contributed by atoms with Crippen LogP contribution in [-0.2, 0) is 27.6 Å². The van der Waals surface area contributed by atoms with E-state index in [0.29, 0.717) is 18.5 Å². The van der Waals surface area contributed by atoms with Gasteiger partial charge in [0.15, 0.2) is 0 Å². The number of carbonyl (C=O) groups is 3. The van der Waals surface area contributed by atoms with Crippen LogP contribution in [0.15, 0.2) is 84.9 Å². The number of thioether (sulfide) groups is 1. The fourth-order valence-electron chi connectivity index (χ4n) is 7.22. The standard InChI is InChI=1S/C32H31BrN6O4S/c33-21-15-32-26(25(27(21)44-32)29(41)34-16-19-9-3-1-4-10-19)31(43)39(24(17-40)20-11-5-2-6-12-20)28(32)30(42)35-18-38-23-14-8-7-13-22(23)36-37-38/h1-14,21,24-28,40H,15-18H2,(H,34,41)(H,35,42)/t21?,24-,25+,26+,27+,28?,32?/m1/s1. The van der Waals surface area contributed by atoms with Crippen molar-refractivity contribution in [2.75, 3.05) is 6.61 Å². The molecule has 0 radical (unpaired) electrons. The van der Waals surface area contributed by atoms with Crippen LogP contribution in [-0.4, -0.2) is 70.2 Å². The topological polar surface area (TPSA) is 129 Å². The Morgan fingerprint density at radius 2 is 1.70 bits per heavy atom. The van der Waals surface area contributed by atoms with Crippen LogP contribution in [0.3, 0.4) is 0 Å². The maximum Gasteiger partial charge on any atom is 0.245 e. The Bertz CT molecular complexity index is 1710. The van der Waals surface area contributed by atoms with Crippen LogP contribution < -0.4 is 10.6 Å². The van der Waals surface area contributed by atoms with Crippen LogP contribution in [0.25, 0.3) is 11.0 Å². The van der Waals surface area contributed by atoms with Crippen molar-refractivity contribution in [1.29, 1.82) is 0 Å². The summed E-state index contributed by atoms with van der Waals surface area (Å²) < 4.78 is 0.748. The Morgan fingerprint density at radius 3 is 2.45 bits per heavy atom. The molecule has 7 atom stereocenters. The Hall–Kier alpha value is -3.74. The number of aliphatic hydroxyl groups is 1. The summed E-state index contributed by atoms with van der Waals surface area (Å²) in [6, 6.07) is 24.7. The number of aromatic nitrogens is 3. The van der Waals surface area contributed by atoms with Crippen LogP contribution in [0.5, 0.6) is 0 Å². The molecule has 3 aliphatic heterocycles. The van der Waals surface area contributed by atoms with E-state index in [1.54, 1.807) is 21.3 Å². The van der Waals surface area contributed by atoms with Gasteiger partial charge in [0.25, 0.3) is 0 Å². The fraction of sp³-hybridized carbons (Fsp3) is 0.344. The van der Waals surface area contributed by atoms with Gasteiger partial charge in [-0.1, -0.05) is 93.9 Å². The second-order valence-electron chi connectivity index (χ2n) is 11.5. The molecule has 4 aromatic rings. The molecule has 3 unspecified atom stereocenters. The molecule has 4 heterocycles. The summed E-state index contributed by atoms with van der Waals surface area (Å²) in [6.07, 6.45) is 0.537. The van der Waals surface area contributed by atoms with Gasteiger partial charge in [0.1, 0.15) is 18.2 Å². The summed E-state index contributed by atoms with van der Waals surface area (Å²) in [7, 11) is 0. The smallest absolute Gasteiger partial charge is 0.245 e. The quantitative estimate of drug-likeness (QED) is 0.233. The lowest BCUT2D eigenvalue weighted by Crippen LogP contribution is -2.55. The minimum Gasteiger partial charge on any atom is -0.394 e. The molecule has 3 amide bonds. The Morgan fingerprint density at radius 1 is 1.00 bits per heavy atom. The number of benzene rings is 3. The summed E-state index contributed by atoms with van der Waals surface area (Å²) >= 11 is 5.37. The molecule has 3 N–H and O–H groups in total. The zero-order valence-corrected chi connectivity index (χ0v) is 26.0. The van der Waals surface area contributed by atoms with Crippen molar-refractivity contribution >= 4 is 56.4 Å². The van der Waals surface area contributed by atoms with Crippen LogP contribution >= 0.6 is 27.7 Å². The number of alkyl halides is 1. The number of aliphatic hydroxyl groups excluding tert-OH is 1. The molecule has 0 saturated carbocycles. The highest BCUT2D eigenvalue weighted by Crippen LogP contribution is 2.68. The van der Waals surface area contributed by atoms with Gasteiger partial charge >= 0.3 is 0 Å². The number of fused-ring (bicyclic) bond motifs is 2. The number of halogens is 1. The number of rotatable bonds is 9. The SMILES string of the molecule is O=C(NCn1nnc2ccccc21)C1N([C@H](CO)c2ccccc2)C(=O)[C@@H]2[C@H](C(=O)NCc3ccccc3)[C@H]3SC12CC3Br. The Kier molecular flexibility index (Phi) is 7.67. The zero-order chi connectivity index (χ0) is 30.4. The number of hydrogen-bond acceptors (Lipinski definition) is 7. The normalized spacial score (nSPS) is 27.8. The number of nitrogens with zero attached hydrogens (tertiary/aromatic N) is 4. The van der Waals surface area contributed by atoms with E-state index in [2.05, 4.69) is 36.9 Å². The molecule has 3 aromatic carbocycles. The van der Waals surface area contributed by atoms with Gasteiger partial charge in [0.2, 0.25) is 17.7 Å². The van der Waals surface area contributed by atoms with Crippen LogP contribution in [0.2, 0.25) is 0 Å². The van der Waals surface area contributed by atoms with Gasteiger partial charge in [-0.3, -0.25) is 14.4 Å². The average molecular weight is 676 g/mol. The minimum absolute atomic E-state index is 0.0561. The van der Waals surface area contributed by atoms with E-state index in [1.807, 2.05) is 84.9 Å². The van der Waals surface area contributed by atoms with E-state index in [9.17, 15) is 19.5 Å². The molecule has 12 heteroatoms. The highest BCUT2D eigenvalue weighted by atomic mass is 79.9. The van der Waals surface area contributed by atoms with Crippen molar-refractivity contribution < 1.29 is 19.5 Å². The highest BCUT2D eigenvalue weighted by molar-refractivity contribution is 9.09. The molecule has 3 saturated heterocycles. The van der Waals surface area contributed by atoms with Gasteiger partial charge < -0.3 is 20.6 Å². The van der Waals surface area contributed by atoms with Gasteiger partial charge in [0.05, 0.1) is 34.7 Å². The van der Waals surface area contributed by atoms with Crippen molar-refractivity contribution in [3.05, 3.63) is 96.1 Å². The van der Waals surface area contributed by atoms with Gasteiger partial charge in [-0.15, -0.1) is 16.9 Å². The number of carbonyl (C=O) groups excluding carboxylic acids is 3. The summed E-state index contributed by atoms with van der Waals surface area (Å²) in [6.45, 7) is 0.0323. The fourth-order valence-corrected chi connectivity index (χ4v) is 10.8. The molecule has 7 rings (SSSR count). The highest BCUT2D eigenvalue weighted by Gasteiger charge is 2.76. The first kappa shape index (κ1) is 29.0. The van der Waals surface area contributed by atoms with E-state index in [-0.39, 0.29) is 41.1 Å². The van der Waals surface area contributed by atoms with Crippen molar-refractivity contribution in [3.8, 4) is 0 Å². The lowest BCUT2D eigenvalue weighted by atomic mass is 9.70. The lowest BCUT2D eigenvalue weighted by molar-refractivity contribution is -0.143. The number of hydrogen-bond donors (Lipinski definition) is 3. The number of nitrogens with one attached hydrogen (secondary N) is 2. The minimum atomic E-state index is -0.922. The first-order valence-electron chi connectivity index (χ1n) is 14.6. The van der Waals surface area contributed by atoms with Crippen LogP contribution in [0.1, 0.15) is 23.6 Å². The molecule has 226 valence electrons. The molecule has 2 bridgehead atoms. The van der Waals surface area contributed by atoms with E-state index in [0.717, 1.165) is 16.6 Å². The van der Waals surface area contributed by atoms with Crippen LogP contribution in [0.4, 0.5) is 0 Å². The van der Waals surface area contributed by atoms with Crippen molar-refractivity contribution in [1.82, 2.24) is 30.5 Å². The van der Waals surface area contributed by atoms with Gasteiger partial charge in [0, 0.05) is 16.6 Å². The third kappa shape index (κ3) is 4.70. The molecule has 0 aliphatic carbocycles. The largest absolute Gasteiger partial charge is 0.394 e. The van der Waals surface area contributed by atoms with Crippen molar-refractivity contribution in [2.45, 2.75) is 46.5 Å². The van der Waals surface area contributed by atoms with E-state index >= 15 is 0 Å². The molecule has 1 aromatic heterocycles. The average Bonchev–Trinajstić information content (AvgIpc) is 3.77. The Labute approximate surface area is 266 Å². The first-order valence-corrected chi connectivity index (χ1v) is 16.4. The van der Waals surface area contributed by atoms with Gasteiger partial charge in [-0.2, -0.15) is 0 Å². The van der Waals surface area contributed by atoms with Gasteiger partial charge in [-0.25, -0.2) is 4.68 Å². The summed E-state index contributed by atoms with van der Waals surface area (Å²) in [4.78, 5) is 44.2. The second-order valence-corrected chi connectivity index (χ2v) is 14.2. The van der Waals surface area contributed by atoms with Crippen LogP contribution in [0, 0.1) is 11.8 Å². The molecule has 1 spiro atoms. The first-order chi connectivity index (χ1) is 21.4. The predicted molar refractivity (Wildman–Crippen MR) is 169 cm³/mol. The molecule has 3 fully saturated rings. The molecule has 44 heavy (non-hydrogen) atoms. The zero-order valence-electron chi connectivity index (χ0n) is 23.6. The second kappa shape index (κ2) is 11.6.